The summed E-state index contributed by atoms with van der Waals surface area (Å²) in [5.74, 6) is -1.65. The number of benzene rings is 2. The standard InChI is InChI=1S/C18H13FN2O2S/c1-10-4-2-5-11(8-10)14(20)17-21-15(18(22)23)16(24-17)12-6-3-7-13(19)9-12/h2-9,20H,1H3,(H,22,23). The number of hydrogen-bond donors (Lipinski definition) is 2. The minimum atomic E-state index is -1.20. The summed E-state index contributed by atoms with van der Waals surface area (Å²) < 4.78 is 13.5. The molecule has 0 amide bonds. The largest absolute Gasteiger partial charge is 0.476 e. The minimum absolute atomic E-state index is 0.147. The van der Waals surface area contributed by atoms with Crippen LogP contribution in [0.15, 0.2) is 48.5 Å². The summed E-state index contributed by atoms with van der Waals surface area (Å²) in [5.41, 5.74) is 2.07. The number of aryl methyl sites for hydroxylation is 1. The summed E-state index contributed by atoms with van der Waals surface area (Å²) in [6.45, 7) is 1.92. The smallest absolute Gasteiger partial charge is 0.356 e. The SMILES string of the molecule is Cc1cccc(C(=N)c2nc(C(=O)O)c(-c3cccc(F)c3)s2)c1. The molecular weight excluding hydrogens is 327 g/mol. The fraction of sp³-hybridized carbons (Fsp3) is 0.0556. The Balaban J connectivity index is 2.09. The molecule has 0 bridgehead atoms. The second-order valence-corrected chi connectivity index (χ2v) is 6.26. The molecule has 120 valence electrons. The van der Waals surface area contributed by atoms with Gasteiger partial charge in [0.15, 0.2) is 5.69 Å². The zero-order chi connectivity index (χ0) is 17.3. The Bertz CT molecular complexity index is 950. The van der Waals surface area contributed by atoms with E-state index < -0.39 is 11.8 Å². The molecule has 24 heavy (non-hydrogen) atoms. The highest BCUT2D eigenvalue weighted by atomic mass is 32.1. The van der Waals surface area contributed by atoms with E-state index >= 15 is 0 Å². The van der Waals surface area contributed by atoms with Gasteiger partial charge >= 0.3 is 5.97 Å². The highest BCUT2D eigenvalue weighted by Crippen LogP contribution is 2.32. The maximum atomic E-state index is 13.5. The topological polar surface area (TPSA) is 74.0 Å². The molecular formula is C18H13FN2O2S. The Kier molecular flexibility index (Phi) is 4.22. The van der Waals surface area contributed by atoms with Crippen molar-refractivity contribution in [3.63, 3.8) is 0 Å². The van der Waals surface area contributed by atoms with Gasteiger partial charge in [0.1, 0.15) is 10.8 Å². The molecule has 0 spiro atoms. The van der Waals surface area contributed by atoms with Gasteiger partial charge in [0.25, 0.3) is 0 Å². The van der Waals surface area contributed by atoms with E-state index in [4.69, 9.17) is 5.41 Å². The Morgan fingerprint density at radius 2 is 1.96 bits per heavy atom. The number of nitrogens with zero attached hydrogens (tertiary/aromatic N) is 1. The van der Waals surface area contributed by atoms with Gasteiger partial charge in [-0.05, 0) is 30.7 Å². The average molecular weight is 340 g/mol. The average Bonchev–Trinajstić information content (AvgIpc) is 2.99. The molecule has 0 fully saturated rings. The molecule has 6 heteroatoms. The first kappa shape index (κ1) is 16.0. The van der Waals surface area contributed by atoms with Gasteiger partial charge in [-0.1, -0.05) is 35.9 Å². The van der Waals surface area contributed by atoms with E-state index in [1.165, 1.54) is 18.2 Å². The maximum Gasteiger partial charge on any atom is 0.356 e. The molecule has 0 radical (unpaired) electrons. The molecule has 3 aromatic rings. The third-order valence-electron chi connectivity index (χ3n) is 3.44. The monoisotopic (exact) mass is 340 g/mol. The molecule has 1 heterocycles. The number of aromatic nitrogens is 1. The fourth-order valence-corrected chi connectivity index (χ4v) is 3.35. The van der Waals surface area contributed by atoms with Gasteiger partial charge in [-0.25, -0.2) is 14.2 Å². The van der Waals surface area contributed by atoms with Gasteiger partial charge in [0.2, 0.25) is 0 Å². The van der Waals surface area contributed by atoms with Gasteiger partial charge < -0.3 is 5.11 Å². The molecule has 1 aromatic heterocycles. The van der Waals surface area contributed by atoms with Crippen LogP contribution in [-0.4, -0.2) is 21.8 Å². The molecule has 0 saturated heterocycles. The summed E-state index contributed by atoms with van der Waals surface area (Å²) in [5, 5.41) is 18.0. The molecule has 0 unspecified atom stereocenters. The van der Waals surface area contributed by atoms with Crippen LogP contribution in [0.25, 0.3) is 10.4 Å². The fourth-order valence-electron chi connectivity index (χ4n) is 2.32. The molecule has 2 aromatic carbocycles. The molecule has 2 N–H and O–H groups in total. The van der Waals surface area contributed by atoms with Crippen LogP contribution in [0.2, 0.25) is 0 Å². The Morgan fingerprint density at radius 3 is 2.62 bits per heavy atom. The lowest BCUT2D eigenvalue weighted by atomic mass is 10.1. The number of carboxylic acids is 1. The highest BCUT2D eigenvalue weighted by Gasteiger charge is 2.21. The summed E-state index contributed by atoms with van der Waals surface area (Å²) in [6.07, 6.45) is 0. The molecule has 0 atom stereocenters. The quantitative estimate of drug-likeness (QED) is 0.693. The van der Waals surface area contributed by atoms with Crippen LogP contribution in [-0.2, 0) is 0 Å². The minimum Gasteiger partial charge on any atom is -0.476 e. The van der Waals surface area contributed by atoms with E-state index in [2.05, 4.69) is 4.98 Å². The lowest BCUT2D eigenvalue weighted by Crippen LogP contribution is -2.03. The first-order chi connectivity index (χ1) is 11.5. The summed E-state index contributed by atoms with van der Waals surface area (Å²) in [4.78, 5) is 15.9. The van der Waals surface area contributed by atoms with Crippen LogP contribution in [0.4, 0.5) is 4.39 Å². The first-order valence-electron chi connectivity index (χ1n) is 7.11. The third kappa shape index (κ3) is 3.09. The maximum absolute atomic E-state index is 13.5. The van der Waals surface area contributed by atoms with E-state index in [-0.39, 0.29) is 16.4 Å². The van der Waals surface area contributed by atoms with E-state index in [0.717, 1.165) is 16.9 Å². The molecule has 0 aliphatic rings. The number of thiazole rings is 1. The van der Waals surface area contributed by atoms with E-state index in [9.17, 15) is 14.3 Å². The lowest BCUT2D eigenvalue weighted by Gasteiger charge is -2.01. The summed E-state index contributed by atoms with van der Waals surface area (Å²) in [7, 11) is 0. The van der Waals surface area contributed by atoms with Crippen LogP contribution in [0.5, 0.6) is 0 Å². The van der Waals surface area contributed by atoms with Gasteiger partial charge in [0, 0.05) is 5.56 Å². The second kappa shape index (κ2) is 6.33. The zero-order valence-electron chi connectivity index (χ0n) is 12.7. The molecule has 3 rings (SSSR count). The number of carboxylic acid groups (broad SMARTS) is 1. The lowest BCUT2D eigenvalue weighted by molar-refractivity contribution is 0.0692. The number of carbonyl (C=O) groups is 1. The van der Waals surface area contributed by atoms with E-state index in [1.54, 1.807) is 12.1 Å². The van der Waals surface area contributed by atoms with Crippen LogP contribution < -0.4 is 0 Å². The van der Waals surface area contributed by atoms with Gasteiger partial charge in [-0.3, -0.25) is 5.41 Å². The summed E-state index contributed by atoms with van der Waals surface area (Å²) >= 11 is 1.08. The summed E-state index contributed by atoms with van der Waals surface area (Å²) in [6, 6.07) is 13.1. The van der Waals surface area contributed by atoms with Crippen LogP contribution in [0.3, 0.4) is 0 Å². The van der Waals surface area contributed by atoms with Crippen LogP contribution in [0.1, 0.15) is 26.6 Å². The van der Waals surface area contributed by atoms with Crippen molar-refractivity contribution in [3.05, 3.63) is 76.2 Å². The Hall–Kier alpha value is -2.86. The van der Waals surface area contributed by atoms with Crippen molar-refractivity contribution in [2.45, 2.75) is 6.92 Å². The van der Waals surface area contributed by atoms with E-state index in [0.29, 0.717) is 16.0 Å². The van der Waals surface area contributed by atoms with Crippen molar-refractivity contribution in [2.75, 3.05) is 0 Å². The molecule has 0 saturated carbocycles. The number of rotatable bonds is 4. The Labute approximate surface area is 141 Å². The predicted molar refractivity (Wildman–Crippen MR) is 91.6 cm³/mol. The van der Waals surface area contributed by atoms with Crippen LogP contribution in [0, 0.1) is 18.2 Å². The normalized spacial score (nSPS) is 10.6. The number of nitrogens with one attached hydrogen (secondary N) is 1. The second-order valence-electron chi connectivity index (χ2n) is 5.26. The van der Waals surface area contributed by atoms with Crippen molar-refractivity contribution in [3.8, 4) is 10.4 Å². The number of halogens is 1. The van der Waals surface area contributed by atoms with Crippen molar-refractivity contribution >= 4 is 23.0 Å². The van der Waals surface area contributed by atoms with Gasteiger partial charge in [-0.2, -0.15) is 0 Å². The van der Waals surface area contributed by atoms with Gasteiger partial charge in [0.05, 0.1) is 10.6 Å². The zero-order valence-corrected chi connectivity index (χ0v) is 13.5. The van der Waals surface area contributed by atoms with Crippen molar-refractivity contribution in [1.82, 2.24) is 4.98 Å². The molecule has 0 aliphatic heterocycles. The highest BCUT2D eigenvalue weighted by molar-refractivity contribution is 7.17. The first-order valence-corrected chi connectivity index (χ1v) is 7.93. The molecule has 4 nitrogen and oxygen atoms in total. The van der Waals surface area contributed by atoms with Crippen LogP contribution >= 0.6 is 11.3 Å². The predicted octanol–water partition coefficient (Wildman–Crippen LogP) is 4.37. The Morgan fingerprint density at radius 1 is 1.21 bits per heavy atom. The third-order valence-corrected chi connectivity index (χ3v) is 4.56. The van der Waals surface area contributed by atoms with E-state index in [1.807, 2.05) is 25.1 Å². The van der Waals surface area contributed by atoms with Crippen molar-refractivity contribution < 1.29 is 14.3 Å². The van der Waals surface area contributed by atoms with Crippen molar-refractivity contribution in [1.29, 1.82) is 5.41 Å². The van der Waals surface area contributed by atoms with Crippen molar-refractivity contribution in [2.24, 2.45) is 0 Å². The number of hydrogen-bond acceptors (Lipinski definition) is 4. The van der Waals surface area contributed by atoms with Gasteiger partial charge in [-0.15, -0.1) is 11.3 Å². The number of aromatic carboxylic acids is 1. The molecule has 0 aliphatic carbocycles.